The Hall–Kier alpha value is -5.48. The monoisotopic (exact) mass is 546 g/mol. The highest BCUT2D eigenvalue weighted by atomic mass is 16.5. The maximum absolute atomic E-state index is 8.78. The average molecular weight is 547 g/mol. The summed E-state index contributed by atoms with van der Waals surface area (Å²) >= 11 is 0. The van der Waals surface area contributed by atoms with Gasteiger partial charge in [-0.05, 0) is 74.6 Å². The zero-order valence-electron chi connectivity index (χ0n) is 22.8. The second-order valence-corrected chi connectivity index (χ2v) is 10.6. The highest BCUT2D eigenvalue weighted by Gasteiger charge is 2.39. The molecule has 1 aliphatic heterocycles. The molecule has 5 aromatic rings. The van der Waals surface area contributed by atoms with Gasteiger partial charge in [0.15, 0.2) is 5.60 Å². The molecule has 7 heteroatoms. The van der Waals surface area contributed by atoms with Crippen LogP contribution in [0.1, 0.15) is 38.9 Å². The van der Waals surface area contributed by atoms with Crippen LogP contribution in [-0.2, 0) is 31.5 Å². The lowest BCUT2D eigenvalue weighted by Gasteiger charge is -2.39. The van der Waals surface area contributed by atoms with E-state index in [0.29, 0.717) is 0 Å². The number of azide groups is 2. The molecule has 0 atom stereocenters. The average Bonchev–Trinajstić information content (AvgIpc) is 3.06. The van der Waals surface area contributed by atoms with Gasteiger partial charge in [-0.3, -0.25) is 0 Å². The van der Waals surface area contributed by atoms with Crippen LogP contribution in [0.2, 0.25) is 0 Å². The van der Waals surface area contributed by atoms with E-state index in [9.17, 15) is 0 Å². The number of aryl methyl sites for hydroxylation is 1. The van der Waals surface area contributed by atoms with Crippen molar-refractivity contribution in [1.82, 2.24) is 0 Å². The summed E-state index contributed by atoms with van der Waals surface area (Å²) < 4.78 is 7.30. The highest BCUT2D eigenvalue weighted by Crippen LogP contribution is 2.51. The number of nitrogens with zero attached hydrogens (tertiary/aromatic N) is 6. The molecular weight excluding hydrogens is 520 g/mol. The zero-order chi connectivity index (χ0) is 28.5. The van der Waals surface area contributed by atoms with Crippen LogP contribution in [0.3, 0.4) is 0 Å². The fourth-order valence-electron chi connectivity index (χ4n) is 6.38. The molecule has 0 fully saturated rings. The number of hydrogen-bond donors (Lipinski definition) is 0. The van der Waals surface area contributed by atoms with Gasteiger partial charge in [0.2, 0.25) is 0 Å². The Bertz CT molecular complexity index is 1900. The van der Waals surface area contributed by atoms with Crippen molar-refractivity contribution in [2.75, 3.05) is 0 Å². The van der Waals surface area contributed by atoms with Crippen LogP contribution < -0.4 is 4.74 Å². The molecule has 5 aromatic carbocycles. The van der Waals surface area contributed by atoms with Gasteiger partial charge in [0.1, 0.15) is 5.75 Å². The van der Waals surface area contributed by atoms with Gasteiger partial charge in [-0.25, -0.2) is 0 Å². The van der Waals surface area contributed by atoms with Crippen LogP contribution in [0.5, 0.6) is 5.75 Å². The van der Waals surface area contributed by atoms with Gasteiger partial charge >= 0.3 is 0 Å². The lowest BCUT2D eigenvalue weighted by atomic mass is 9.78. The van der Waals surface area contributed by atoms with Crippen molar-refractivity contribution in [2.24, 2.45) is 10.2 Å². The van der Waals surface area contributed by atoms with E-state index in [2.05, 4.69) is 80.7 Å². The van der Waals surface area contributed by atoms with Gasteiger partial charge in [-0.2, -0.15) is 0 Å². The third-order valence-electron chi connectivity index (χ3n) is 8.38. The summed E-state index contributed by atoms with van der Waals surface area (Å²) in [7, 11) is 0. The van der Waals surface area contributed by atoms with Gasteiger partial charge in [-0.1, -0.05) is 107 Å². The van der Waals surface area contributed by atoms with Crippen molar-refractivity contribution in [3.05, 3.63) is 163 Å². The summed E-state index contributed by atoms with van der Waals surface area (Å²) in [5.74, 6) is 0.914. The van der Waals surface area contributed by atoms with Crippen LogP contribution >= 0.6 is 0 Å². The van der Waals surface area contributed by atoms with Crippen molar-refractivity contribution < 1.29 is 4.74 Å². The van der Waals surface area contributed by atoms with Crippen molar-refractivity contribution in [2.45, 2.75) is 31.5 Å². The number of benzene rings is 5. The molecule has 0 aromatic heterocycles. The summed E-state index contributed by atoms with van der Waals surface area (Å²) in [5.41, 5.74) is 26.7. The number of fused-ring (bicyclic) bond motifs is 8. The van der Waals surface area contributed by atoms with Gasteiger partial charge in [0, 0.05) is 32.1 Å². The summed E-state index contributed by atoms with van der Waals surface area (Å²) in [4.78, 5) is 5.80. The minimum atomic E-state index is -0.895. The molecular formula is C35H26N6O. The lowest BCUT2D eigenvalue weighted by molar-refractivity contribution is 0.159. The Morgan fingerprint density at radius 3 is 1.93 bits per heavy atom. The van der Waals surface area contributed by atoms with Crippen molar-refractivity contribution in [3.63, 3.8) is 0 Å². The molecule has 202 valence electrons. The van der Waals surface area contributed by atoms with Gasteiger partial charge in [0.25, 0.3) is 0 Å². The van der Waals surface area contributed by atoms with E-state index in [1.807, 2.05) is 48.5 Å². The fraction of sp³-hybridized carbons (Fsp3) is 0.143. The fourth-order valence-corrected chi connectivity index (χ4v) is 6.38. The SMILES string of the molecule is [N-]=[N+]=NCc1ccc(C2(c3ccc(CN=[N+]=[N-])cc3)C=Cc3c(c4c(c5ccccc35)-c3ccccc3CC4)O2)cc1. The van der Waals surface area contributed by atoms with E-state index in [4.69, 9.17) is 15.8 Å². The first-order valence-corrected chi connectivity index (χ1v) is 14.0. The molecule has 0 bridgehead atoms. The molecule has 42 heavy (non-hydrogen) atoms. The minimum Gasteiger partial charge on any atom is -0.473 e. The topological polar surface area (TPSA) is 107 Å². The van der Waals surface area contributed by atoms with Crippen LogP contribution in [0.4, 0.5) is 0 Å². The Labute approximate surface area is 243 Å². The van der Waals surface area contributed by atoms with Crippen LogP contribution in [0.15, 0.2) is 113 Å². The van der Waals surface area contributed by atoms with Gasteiger partial charge < -0.3 is 4.74 Å². The predicted octanol–water partition coefficient (Wildman–Crippen LogP) is 9.58. The molecule has 7 rings (SSSR count). The quantitative estimate of drug-likeness (QED) is 0.118. The number of hydrogen-bond acceptors (Lipinski definition) is 3. The van der Waals surface area contributed by atoms with Gasteiger partial charge in [0.05, 0.1) is 13.1 Å². The molecule has 2 aliphatic rings. The Morgan fingerprint density at radius 1 is 0.690 bits per heavy atom. The van der Waals surface area contributed by atoms with Crippen molar-refractivity contribution >= 4 is 16.8 Å². The molecule has 0 saturated carbocycles. The Kier molecular flexibility index (Phi) is 6.37. The van der Waals surface area contributed by atoms with Crippen LogP contribution in [0.25, 0.3) is 48.9 Å². The lowest BCUT2D eigenvalue weighted by Crippen LogP contribution is -2.35. The third-order valence-corrected chi connectivity index (χ3v) is 8.38. The maximum Gasteiger partial charge on any atom is 0.178 e. The molecule has 1 aliphatic carbocycles. The summed E-state index contributed by atoms with van der Waals surface area (Å²) in [6.07, 6.45) is 6.20. The molecule has 0 unspecified atom stereocenters. The van der Waals surface area contributed by atoms with Crippen molar-refractivity contribution in [1.29, 1.82) is 0 Å². The van der Waals surface area contributed by atoms with E-state index in [-0.39, 0.29) is 13.1 Å². The van der Waals surface area contributed by atoms with E-state index in [1.54, 1.807) is 0 Å². The van der Waals surface area contributed by atoms with Crippen molar-refractivity contribution in [3.8, 4) is 16.9 Å². The van der Waals surface area contributed by atoms with Crippen LogP contribution in [-0.4, -0.2) is 0 Å². The zero-order valence-corrected chi connectivity index (χ0v) is 22.8. The van der Waals surface area contributed by atoms with E-state index >= 15 is 0 Å². The highest BCUT2D eigenvalue weighted by molar-refractivity contribution is 6.06. The largest absolute Gasteiger partial charge is 0.473 e. The Balaban J connectivity index is 1.45. The van der Waals surface area contributed by atoms with E-state index in [0.717, 1.165) is 46.4 Å². The van der Waals surface area contributed by atoms with Crippen LogP contribution in [0, 0.1) is 0 Å². The maximum atomic E-state index is 8.78. The molecule has 1 heterocycles. The Morgan fingerprint density at radius 2 is 1.29 bits per heavy atom. The number of ether oxygens (including phenoxy) is 1. The smallest absolute Gasteiger partial charge is 0.178 e. The predicted molar refractivity (Wildman–Crippen MR) is 166 cm³/mol. The molecule has 0 radical (unpaired) electrons. The van der Waals surface area contributed by atoms with E-state index < -0.39 is 5.60 Å². The molecule has 0 saturated heterocycles. The van der Waals surface area contributed by atoms with E-state index in [1.165, 1.54) is 33.0 Å². The first-order chi connectivity index (χ1) is 20.7. The molecule has 0 amide bonds. The minimum absolute atomic E-state index is 0.288. The summed E-state index contributed by atoms with van der Waals surface area (Å²) in [6, 6.07) is 33.4. The van der Waals surface area contributed by atoms with Gasteiger partial charge in [-0.15, -0.1) is 0 Å². The number of rotatable bonds is 6. The summed E-state index contributed by atoms with van der Waals surface area (Å²) in [5, 5.41) is 9.85. The molecule has 7 nitrogen and oxygen atoms in total. The normalized spacial score (nSPS) is 16.3. The molecule has 0 spiro atoms. The summed E-state index contributed by atoms with van der Waals surface area (Å²) in [6.45, 7) is 0.576. The second-order valence-electron chi connectivity index (χ2n) is 10.6. The second kappa shape index (κ2) is 10.5. The third kappa shape index (κ3) is 4.16. The first-order valence-electron chi connectivity index (χ1n) is 14.0. The first kappa shape index (κ1) is 25.5. The standard InChI is InChI=1S/C35H26N6O/c36-40-38-21-23-9-14-26(15-10-23)35(27-16-11-24(12-17-27)22-39-41-37)20-19-31-29-7-3-4-8-30(29)33-28-6-2-1-5-25(28)13-18-32(33)34(31)42-35/h1-12,14-17,19-20H,13,18,21-22H2. The molecule has 0 N–H and O–H groups in total.